The summed E-state index contributed by atoms with van der Waals surface area (Å²) in [5.41, 5.74) is 3.44. The Kier molecular flexibility index (Phi) is 7.21. The van der Waals surface area contributed by atoms with Gasteiger partial charge in [-0.25, -0.2) is 5.43 Å². The molecule has 0 aromatic heterocycles. The number of hydrogen-bond acceptors (Lipinski definition) is 7. The number of hydrazone groups is 1. The Hall–Kier alpha value is -3.02. The minimum Gasteiger partial charge on any atom is -0.504 e. The maximum absolute atomic E-state index is 12.6. The average Bonchev–Trinajstić information content (AvgIpc) is 3.21. The lowest BCUT2D eigenvalue weighted by atomic mass is 10.0. The van der Waals surface area contributed by atoms with Crippen LogP contribution in [0.5, 0.6) is 23.0 Å². The molecule has 3 rings (SSSR count). The van der Waals surface area contributed by atoms with Crippen molar-refractivity contribution >= 4 is 40.6 Å². The zero-order valence-corrected chi connectivity index (χ0v) is 19.3. The van der Waals surface area contributed by atoms with E-state index in [1.165, 1.54) is 13.3 Å². The van der Waals surface area contributed by atoms with Gasteiger partial charge in [0, 0.05) is 5.56 Å². The van der Waals surface area contributed by atoms with Crippen molar-refractivity contribution in [3.8, 4) is 23.0 Å². The number of rotatable bonds is 7. The largest absolute Gasteiger partial charge is 0.504 e. The molecular weight excluding hydrogens is 517 g/mol. The molecule has 0 fully saturated rings. The predicted molar refractivity (Wildman–Crippen MR) is 122 cm³/mol. The van der Waals surface area contributed by atoms with Crippen LogP contribution in [-0.2, 0) is 4.79 Å². The first-order chi connectivity index (χ1) is 14.8. The predicted octanol–water partition coefficient (Wildman–Crippen LogP) is 2.64. The summed E-state index contributed by atoms with van der Waals surface area (Å²) >= 11 is 1.97. The van der Waals surface area contributed by atoms with Gasteiger partial charge in [-0.15, -0.1) is 0 Å². The van der Waals surface area contributed by atoms with E-state index in [2.05, 4.69) is 15.8 Å². The van der Waals surface area contributed by atoms with E-state index in [4.69, 9.17) is 14.2 Å². The average molecular weight is 539 g/mol. The smallest absolute Gasteiger partial charge is 0.262 e. The van der Waals surface area contributed by atoms with E-state index in [-0.39, 0.29) is 18.5 Å². The Morgan fingerprint density at radius 1 is 1.23 bits per heavy atom. The fourth-order valence-electron chi connectivity index (χ4n) is 2.86. The molecule has 1 unspecified atom stereocenters. The van der Waals surface area contributed by atoms with Crippen molar-refractivity contribution in [3.05, 3.63) is 45.0 Å². The van der Waals surface area contributed by atoms with Gasteiger partial charge in [0.05, 0.1) is 16.9 Å². The van der Waals surface area contributed by atoms with Crippen molar-refractivity contribution in [3.63, 3.8) is 0 Å². The van der Waals surface area contributed by atoms with Gasteiger partial charge < -0.3 is 24.6 Å². The highest BCUT2D eigenvalue weighted by molar-refractivity contribution is 14.1. The van der Waals surface area contributed by atoms with E-state index in [0.29, 0.717) is 31.9 Å². The fourth-order valence-corrected chi connectivity index (χ4v) is 3.49. The highest BCUT2D eigenvalue weighted by atomic mass is 127. The topological polar surface area (TPSA) is 118 Å². The van der Waals surface area contributed by atoms with Crippen LogP contribution < -0.4 is 25.0 Å². The first kappa shape index (κ1) is 22.7. The molecule has 0 bridgehead atoms. The van der Waals surface area contributed by atoms with Crippen LogP contribution in [0.25, 0.3) is 0 Å². The molecule has 2 amide bonds. The zero-order chi connectivity index (χ0) is 22.5. The molecule has 10 heteroatoms. The third-order valence-corrected chi connectivity index (χ3v) is 5.35. The van der Waals surface area contributed by atoms with Gasteiger partial charge in [0.2, 0.25) is 6.79 Å². The monoisotopic (exact) mass is 539 g/mol. The van der Waals surface area contributed by atoms with Crippen molar-refractivity contribution in [2.45, 2.75) is 19.9 Å². The molecule has 9 nitrogen and oxygen atoms in total. The number of aromatic hydroxyl groups is 1. The number of phenolic OH excluding ortho intramolecular Hbond substituents is 1. The van der Waals surface area contributed by atoms with E-state index in [1.54, 1.807) is 30.3 Å². The number of phenols is 1. The molecule has 2 aromatic rings. The molecule has 1 aliphatic rings. The normalized spacial score (nSPS) is 13.3. The second kappa shape index (κ2) is 9.86. The van der Waals surface area contributed by atoms with E-state index in [1.807, 2.05) is 36.4 Å². The minimum absolute atomic E-state index is 0.0374. The summed E-state index contributed by atoms with van der Waals surface area (Å²) < 4.78 is 16.2. The molecule has 3 N–H and O–H groups in total. The van der Waals surface area contributed by atoms with E-state index in [0.717, 1.165) is 0 Å². The molecule has 0 spiro atoms. The number of hydrogen-bond donors (Lipinski definition) is 3. The Labute approximate surface area is 192 Å². The van der Waals surface area contributed by atoms with Crippen LogP contribution in [0, 0.1) is 9.49 Å². The molecule has 1 atom stereocenters. The number of amides is 2. The molecule has 0 saturated heterocycles. The molecular formula is C21H22IN3O6. The van der Waals surface area contributed by atoms with Gasteiger partial charge in [0.15, 0.2) is 23.0 Å². The van der Waals surface area contributed by atoms with Crippen molar-refractivity contribution in [1.82, 2.24) is 10.7 Å². The summed E-state index contributed by atoms with van der Waals surface area (Å²) in [4.78, 5) is 25.3. The van der Waals surface area contributed by atoms with Gasteiger partial charge in [-0.2, -0.15) is 5.10 Å². The molecule has 1 aliphatic heterocycles. The SMILES string of the molecule is COc1cc(C=NNC(=O)C(NC(=O)c2ccc3c(c2)OCO3)C(C)C)cc(I)c1O. The maximum atomic E-state index is 12.6. The third-order valence-electron chi connectivity index (χ3n) is 4.53. The van der Waals surface area contributed by atoms with Crippen LogP contribution in [0.4, 0.5) is 0 Å². The Balaban J connectivity index is 1.66. The summed E-state index contributed by atoms with van der Waals surface area (Å²) in [5.74, 6) is 0.357. The highest BCUT2D eigenvalue weighted by Gasteiger charge is 2.25. The lowest BCUT2D eigenvalue weighted by molar-refractivity contribution is -0.123. The van der Waals surface area contributed by atoms with Crippen LogP contribution in [-0.4, -0.2) is 43.1 Å². The Morgan fingerprint density at radius 3 is 2.68 bits per heavy atom. The van der Waals surface area contributed by atoms with Gasteiger partial charge in [-0.3, -0.25) is 9.59 Å². The lowest BCUT2D eigenvalue weighted by Crippen LogP contribution is -2.48. The summed E-state index contributed by atoms with van der Waals surface area (Å²) in [6.07, 6.45) is 1.43. The number of fused-ring (bicyclic) bond motifs is 1. The number of ether oxygens (including phenoxy) is 3. The first-order valence-corrected chi connectivity index (χ1v) is 10.5. The molecule has 1 heterocycles. The molecule has 0 radical (unpaired) electrons. The molecule has 2 aromatic carbocycles. The summed E-state index contributed by atoms with van der Waals surface area (Å²) in [7, 11) is 1.45. The number of methoxy groups -OCH3 is 1. The summed E-state index contributed by atoms with van der Waals surface area (Å²) in [6, 6.07) is 7.31. The van der Waals surface area contributed by atoms with Crippen molar-refractivity contribution in [2.24, 2.45) is 11.0 Å². The second-order valence-corrected chi connectivity index (χ2v) is 8.21. The maximum Gasteiger partial charge on any atom is 0.262 e. The number of nitrogens with zero attached hydrogens (tertiary/aromatic N) is 1. The first-order valence-electron chi connectivity index (χ1n) is 9.40. The van der Waals surface area contributed by atoms with E-state index in [9.17, 15) is 14.7 Å². The number of halogens is 1. The molecule has 164 valence electrons. The van der Waals surface area contributed by atoms with E-state index < -0.39 is 17.9 Å². The highest BCUT2D eigenvalue weighted by Crippen LogP contribution is 2.33. The van der Waals surface area contributed by atoms with Gasteiger partial charge in [-0.05, 0) is 64.4 Å². The van der Waals surface area contributed by atoms with Crippen molar-refractivity contribution < 1.29 is 28.9 Å². The number of carbonyl (C=O) groups is 2. The zero-order valence-electron chi connectivity index (χ0n) is 17.1. The minimum atomic E-state index is -0.801. The van der Waals surface area contributed by atoms with Crippen LogP contribution in [0.2, 0.25) is 0 Å². The Morgan fingerprint density at radius 2 is 1.97 bits per heavy atom. The van der Waals surface area contributed by atoms with Crippen LogP contribution in [0.15, 0.2) is 35.4 Å². The van der Waals surface area contributed by atoms with Crippen LogP contribution >= 0.6 is 22.6 Å². The van der Waals surface area contributed by atoms with Gasteiger partial charge >= 0.3 is 0 Å². The van der Waals surface area contributed by atoms with Gasteiger partial charge in [0.25, 0.3) is 11.8 Å². The summed E-state index contributed by atoms with van der Waals surface area (Å²) in [6.45, 7) is 3.75. The Bertz CT molecular complexity index is 1020. The standard InChI is InChI=1S/C21H22IN3O6/c1-11(2)18(24-20(27)13-4-5-15-16(8-13)31-10-30-15)21(28)25-23-9-12-6-14(22)19(26)17(7-12)29-3/h4-9,11,18,26H,10H2,1-3H3,(H,24,27)(H,25,28). The number of carbonyl (C=O) groups excluding carboxylic acids is 2. The van der Waals surface area contributed by atoms with Crippen molar-refractivity contribution in [1.29, 1.82) is 0 Å². The third kappa shape index (κ3) is 5.37. The quantitative estimate of drug-likeness (QED) is 0.283. The number of benzene rings is 2. The molecule has 0 aliphatic carbocycles. The van der Waals surface area contributed by atoms with Crippen molar-refractivity contribution in [2.75, 3.05) is 13.9 Å². The molecule has 0 saturated carbocycles. The fraction of sp³-hybridized carbons (Fsp3) is 0.286. The number of nitrogens with one attached hydrogen (secondary N) is 2. The van der Waals surface area contributed by atoms with Crippen LogP contribution in [0.3, 0.4) is 0 Å². The van der Waals surface area contributed by atoms with Gasteiger partial charge in [-0.1, -0.05) is 13.8 Å². The van der Waals surface area contributed by atoms with Crippen LogP contribution in [0.1, 0.15) is 29.8 Å². The lowest BCUT2D eigenvalue weighted by Gasteiger charge is -2.20. The summed E-state index contributed by atoms with van der Waals surface area (Å²) in [5, 5.41) is 16.6. The van der Waals surface area contributed by atoms with Gasteiger partial charge in [0.1, 0.15) is 6.04 Å². The molecule has 31 heavy (non-hydrogen) atoms. The second-order valence-electron chi connectivity index (χ2n) is 7.05. The van der Waals surface area contributed by atoms with E-state index >= 15 is 0 Å².